The largest absolute Gasteiger partial charge is 0.329 e. The van der Waals surface area contributed by atoms with E-state index in [9.17, 15) is 0 Å². The Hall–Kier alpha value is -0.870. The summed E-state index contributed by atoms with van der Waals surface area (Å²) in [5.74, 6) is 0. The first-order valence-electron chi connectivity index (χ1n) is 7.74. The summed E-state index contributed by atoms with van der Waals surface area (Å²) in [6, 6.07) is 0.962. The molecule has 4 heteroatoms. The Kier molecular flexibility index (Phi) is 5.40. The molecule has 0 radical (unpaired) electrons. The first kappa shape index (κ1) is 14.5. The maximum absolute atomic E-state index is 6.05. The van der Waals surface area contributed by atoms with Crippen LogP contribution in [0.2, 0.25) is 0 Å². The molecule has 1 aliphatic heterocycles. The van der Waals surface area contributed by atoms with E-state index in [-0.39, 0.29) is 0 Å². The molecule has 0 aliphatic carbocycles. The first-order valence-corrected chi connectivity index (χ1v) is 7.74. The minimum atomic E-state index is 0.332. The normalized spacial score (nSPS) is 23.2. The Labute approximate surface area is 117 Å². The highest BCUT2D eigenvalue weighted by Crippen LogP contribution is 2.27. The van der Waals surface area contributed by atoms with E-state index in [0.717, 1.165) is 13.0 Å². The summed E-state index contributed by atoms with van der Waals surface area (Å²) in [4.78, 5) is 2.58. The Morgan fingerprint density at radius 1 is 1.42 bits per heavy atom. The van der Waals surface area contributed by atoms with Crippen molar-refractivity contribution in [3.63, 3.8) is 0 Å². The highest BCUT2D eigenvalue weighted by Gasteiger charge is 2.26. The topological polar surface area (TPSA) is 47.1 Å². The molecule has 1 aromatic rings. The third-order valence-electron chi connectivity index (χ3n) is 4.22. The van der Waals surface area contributed by atoms with Crippen molar-refractivity contribution < 1.29 is 0 Å². The molecule has 0 bridgehead atoms. The molecule has 2 N–H and O–H groups in total. The number of rotatable bonds is 5. The van der Waals surface area contributed by atoms with Crippen molar-refractivity contribution in [3.05, 3.63) is 18.0 Å². The number of aryl methyl sites for hydroxylation is 1. The molecule has 2 rings (SSSR count). The summed E-state index contributed by atoms with van der Waals surface area (Å²) < 4.78 is 2.04. The predicted molar refractivity (Wildman–Crippen MR) is 78.9 cm³/mol. The molecule has 0 aromatic carbocycles. The van der Waals surface area contributed by atoms with E-state index in [2.05, 4.69) is 30.0 Å². The van der Waals surface area contributed by atoms with Crippen LogP contribution in [-0.2, 0) is 6.54 Å². The van der Waals surface area contributed by atoms with Crippen molar-refractivity contribution >= 4 is 0 Å². The van der Waals surface area contributed by atoms with Gasteiger partial charge in [-0.2, -0.15) is 5.10 Å². The second-order valence-corrected chi connectivity index (χ2v) is 5.72. The Morgan fingerprint density at radius 3 is 3.00 bits per heavy atom. The lowest BCUT2D eigenvalue weighted by atomic mass is 10.1. The average molecular weight is 264 g/mol. The fraction of sp³-hybridized carbons (Fsp3) is 0.800. The van der Waals surface area contributed by atoms with Gasteiger partial charge in [0.1, 0.15) is 0 Å². The molecule has 2 atom stereocenters. The summed E-state index contributed by atoms with van der Waals surface area (Å²) >= 11 is 0. The molecule has 4 nitrogen and oxygen atoms in total. The van der Waals surface area contributed by atoms with Gasteiger partial charge in [-0.05, 0) is 32.7 Å². The molecule has 108 valence electrons. The van der Waals surface area contributed by atoms with Crippen LogP contribution in [0, 0.1) is 0 Å². The minimum absolute atomic E-state index is 0.332. The Balaban J connectivity index is 2.12. The third kappa shape index (κ3) is 3.57. The summed E-state index contributed by atoms with van der Waals surface area (Å²) in [5, 5.41) is 4.45. The lowest BCUT2D eigenvalue weighted by Crippen LogP contribution is -2.39. The fourth-order valence-corrected chi connectivity index (χ4v) is 3.13. The molecule has 0 spiro atoms. The fourth-order valence-electron chi connectivity index (χ4n) is 3.13. The van der Waals surface area contributed by atoms with Crippen LogP contribution in [0.25, 0.3) is 0 Å². The van der Waals surface area contributed by atoms with Crippen molar-refractivity contribution in [1.82, 2.24) is 14.7 Å². The molecular formula is C15H28N4. The SMILES string of the molecule is CCCn1cc(C(CN)N2CCCCCC2C)cn1. The number of hydrogen-bond donors (Lipinski definition) is 1. The van der Waals surface area contributed by atoms with Gasteiger partial charge in [0, 0.05) is 30.9 Å². The van der Waals surface area contributed by atoms with Gasteiger partial charge in [0.2, 0.25) is 0 Å². The lowest BCUT2D eigenvalue weighted by molar-refractivity contribution is 0.150. The Morgan fingerprint density at radius 2 is 2.26 bits per heavy atom. The average Bonchev–Trinajstić information content (AvgIpc) is 2.75. The van der Waals surface area contributed by atoms with Crippen molar-refractivity contribution in [1.29, 1.82) is 0 Å². The molecule has 0 amide bonds. The van der Waals surface area contributed by atoms with E-state index in [0.29, 0.717) is 18.6 Å². The molecule has 1 aromatic heterocycles. The highest BCUT2D eigenvalue weighted by molar-refractivity contribution is 5.12. The molecule has 2 heterocycles. The standard InChI is InChI=1S/C15H28N4/c1-3-8-18-12-14(11-17-18)15(10-16)19-9-6-4-5-7-13(19)2/h11-13,15H,3-10,16H2,1-2H3. The van der Waals surface area contributed by atoms with Crippen molar-refractivity contribution in [2.75, 3.05) is 13.1 Å². The quantitative estimate of drug-likeness (QED) is 0.889. The van der Waals surface area contributed by atoms with Crippen LogP contribution >= 0.6 is 0 Å². The predicted octanol–water partition coefficient (Wildman–Crippen LogP) is 2.56. The highest BCUT2D eigenvalue weighted by atomic mass is 15.3. The summed E-state index contributed by atoms with van der Waals surface area (Å²) in [7, 11) is 0. The summed E-state index contributed by atoms with van der Waals surface area (Å²) in [5.41, 5.74) is 7.34. The number of hydrogen-bond acceptors (Lipinski definition) is 3. The zero-order valence-electron chi connectivity index (χ0n) is 12.4. The van der Waals surface area contributed by atoms with E-state index >= 15 is 0 Å². The second kappa shape index (κ2) is 7.06. The van der Waals surface area contributed by atoms with Crippen LogP contribution in [0.4, 0.5) is 0 Å². The van der Waals surface area contributed by atoms with Crippen LogP contribution < -0.4 is 5.73 Å². The van der Waals surface area contributed by atoms with Crippen LogP contribution in [-0.4, -0.2) is 33.8 Å². The second-order valence-electron chi connectivity index (χ2n) is 5.72. The summed E-state index contributed by atoms with van der Waals surface area (Å²) in [6.07, 6.45) is 10.6. The van der Waals surface area contributed by atoms with E-state index in [1.165, 1.54) is 37.8 Å². The first-order chi connectivity index (χ1) is 9.26. The van der Waals surface area contributed by atoms with Gasteiger partial charge in [-0.1, -0.05) is 19.8 Å². The number of likely N-dealkylation sites (tertiary alicyclic amines) is 1. The van der Waals surface area contributed by atoms with Crippen LogP contribution in [0.5, 0.6) is 0 Å². The zero-order chi connectivity index (χ0) is 13.7. The zero-order valence-corrected chi connectivity index (χ0v) is 12.4. The molecule has 0 saturated carbocycles. The third-order valence-corrected chi connectivity index (χ3v) is 4.22. The van der Waals surface area contributed by atoms with Gasteiger partial charge in [-0.15, -0.1) is 0 Å². The van der Waals surface area contributed by atoms with E-state index in [4.69, 9.17) is 5.73 Å². The lowest BCUT2D eigenvalue weighted by Gasteiger charge is -2.34. The van der Waals surface area contributed by atoms with E-state index in [1.807, 2.05) is 10.9 Å². The molecule has 19 heavy (non-hydrogen) atoms. The Bertz CT molecular complexity index is 374. The smallest absolute Gasteiger partial charge is 0.0538 e. The van der Waals surface area contributed by atoms with Crippen LogP contribution in [0.15, 0.2) is 12.4 Å². The van der Waals surface area contributed by atoms with Crippen molar-refractivity contribution in [2.45, 2.75) is 64.6 Å². The van der Waals surface area contributed by atoms with Gasteiger partial charge < -0.3 is 5.73 Å². The molecule has 1 saturated heterocycles. The van der Waals surface area contributed by atoms with Gasteiger partial charge in [-0.25, -0.2) is 0 Å². The van der Waals surface area contributed by atoms with Crippen molar-refractivity contribution in [2.24, 2.45) is 5.73 Å². The van der Waals surface area contributed by atoms with Gasteiger partial charge in [0.05, 0.1) is 12.2 Å². The van der Waals surface area contributed by atoms with Crippen LogP contribution in [0.1, 0.15) is 57.6 Å². The van der Waals surface area contributed by atoms with Gasteiger partial charge >= 0.3 is 0 Å². The van der Waals surface area contributed by atoms with Gasteiger partial charge in [0.25, 0.3) is 0 Å². The number of aromatic nitrogens is 2. The maximum atomic E-state index is 6.05. The minimum Gasteiger partial charge on any atom is -0.329 e. The molecule has 1 aliphatic rings. The van der Waals surface area contributed by atoms with Gasteiger partial charge in [0.15, 0.2) is 0 Å². The summed E-state index contributed by atoms with van der Waals surface area (Å²) in [6.45, 7) is 7.36. The van der Waals surface area contributed by atoms with E-state index in [1.54, 1.807) is 0 Å². The number of nitrogens with zero attached hydrogens (tertiary/aromatic N) is 3. The van der Waals surface area contributed by atoms with E-state index < -0.39 is 0 Å². The monoisotopic (exact) mass is 264 g/mol. The molecular weight excluding hydrogens is 236 g/mol. The van der Waals surface area contributed by atoms with Gasteiger partial charge in [-0.3, -0.25) is 9.58 Å². The van der Waals surface area contributed by atoms with Crippen LogP contribution in [0.3, 0.4) is 0 Å². The molecule has 1 fully saturated rings. The maximum Gasteiger partial charge on any atom is 0.0538 e. The number of nitrogens with two attached hydrogens (primary N) is 1. The van der Waals surface area contributed by atoms with Crippen molar-refractivity contribution in [3.8, 4) is 0 Å². The molecule has 2 unspecified atom stereocenters.